The predicted molar refractivity (Wildman–Crippen MR) is 219 cm³/mol. The van der Waals surface area contributed by atoms with Crippen molar-refractivity contribution in [1.29, 1.82) is 0 Å². The van der Waals surface area contributed by atoms with Crippen molar-refractivity contribution in [3.05, 3.63) is 97.2 Å². The molecular weight excluding hydrogens is 741 g/mol. The molecule has 0 amide bonds. The maximum atomic E-state index is 12.7. The van der Waals surface area contributed by atoms with Gasteiger partial charge in [-0.2, -0.15) is 8.42 Å². The van der Waals surface area contributed by atoms with Gasteiger partial charge >= 0.3 is 11.9 Å². The van der Waals surface area contributed by atoms with Crippen LogP contribution in [0, 0.1) is 0 Å². The Labute approximate surface area is 334 Å². The SMILES string of the molecule is CC/C=C/C=C/C=C/C=C/C=C/CCCCCC(=O)OCC(CO[C@H]1O[C@H](CS(=O)(=O)O)[C@@H](O)C(O)C1O)OC(=O)CCCCCCC/C=C/C=C/C=C/CC. The van der Waals surface area contributed by atoms with E-state index in [0.29, 0.717) is 12.8 Å². The summed E-state index contributed by atoms with van der Waals surface area (Å²) in [5, 5.41) is 30.8. The van der Waals surface area contributed by atoms with Crippen molar-refractivity contribution < 1.29 is 56.8 Å². The fourth-order valence-electron chi connectivity index (χ4n) is 5.28. The second-order valence-electron chi connectivity index (χ2n) is 13.4. The second kappa shape index (κ2) is 32.6. The lowest BCUT2D eigenvalue weighted by atomic mass is 10.00. The van der Waals surface area contributed by atoms with E-state index in [1.807, 2.05) is 72.9 Å². The fourth-order valence-corrected chi connectivity index (χ4v) is 5.97. The van der Waals surface area contributed by atoms with E-state index in [0.717, 1.165) is 64.2 Å². The number of esters is 2. The first kappa shape index (κ1) is 50.6. The van der Waals surface area contributed by atoms with Crippen molar-refractivity contribution in [3.63, 3.8) is 0 Å². The number of allylic oxidation sites excluding steroid dienone is 16. The maximum absolute atomic E-state index is 12.7. The van der Waals surface area contributed by atoms with Gasteiger partial charge in [0.15, 0.2) is 12.4 Å². The summed E-state index contributed by atoms with van der Waals surface area (Å²) < 4.78 is 53.8. The molecule has 0 aliphatic carbocycles. The van der Waals surface area contributed by atoms with Gasteiger partial charge in [0.1, 0.15) is 36.8 Å². The Bertz CT molecular complexity index is 1410. The van der Waals surface area contributed by atoms with Gasteiger partial charge < -0.3 is 34.3 Å². The minimum Gasteiger partial charge on any atom is -0.462 e. The number of unbranched alkanes of at least 4 members (excludes halogenated alkanes) is 8. The van der Waals surface area contributed by atoms with Gasteiger partial charge in [0.05, 0.1) is 6.61 Å². The lowest BCUT2D eigenvalue weighted by Crippen LogP contribution is -2.60. The highest BCUT2D eigenvalue weighted by Crippen LogP contribution is 2.24. The molecule has 0 aromatic rings. The summed E-state index contributed by atoms with van der Waals surface area (Å²) >= 11 is 0. The van der Waals surface area contributed by atoms with Crippen LogP contribution in [0.1, 0.15) is 104 Å². The molecule has 13 heteroatoms. The predicted octanol–water partition coefficient (Wildman–Crippen LogP) is 7.10. The summed E-state index contributed by atoms with van der Waals surface area (Å²) in [4.78, 5) is 25.3. The largest absolute Gasteiger partial charge is 0.462 e. The van der Waals surface area contributed by atoms with Gasteiger partial charge in [-0.25, -0.2) is 0 Å². The molecule has 1 rings (SSSR count). The number of ether oxygens (including phenoxy) is 4. The second-order valence-corrected chi connectivity index (χ2v) is 14.9. The standard InChI is InChI=1S/C43H66O12S/c1-3-5-7-9-11-13-15-17-18-20-21-23-25-27-29-31-38(44)52-33-36(34-53-43-42(48)41(47)40(46)37(55-43)35-56(49,50)51)54-39(45)32-30-28-26-24-22-19-16-14-12-10-8-6-4-2/h5-18,20-21,36-37,40-43,46-48H,3-4,19,22-35H2,1-2H3,(H,49,50,51)/b7-5+,8-6+,11-9+,12-10+,15-13+,16-14+,18-17+,21-20+/t36?,37-,40-,41?,42?,43+/m1/s1. The molecule has 0 aromatic heterocycles. The third-order valence-corrected chi connectivity index (χ3v) is 9.10. The summed E-state index contributed by atoms with van der Waals surface area (Å²) in [6, 6.07) is 0. The summed E-state index contributed by atoms with van der Waals surface area (Å²) in [6.45, 7) is 3.38. The van der Waals surface area contributed by atoms with Crippen molar-refractivity contribution in [3.8, 4) is 0 Å². The van der Waals surface area contributed by atoms with Crippen molar-refractivity contribution >= 4 is 22.1 Å². The molecule has 316 valence electrons. The van der Waals surface area contributed by atoms with Crippen LogP contribution in [-0.4, -0.2) is 96.0 Å². The van der Waals surface area contributed by atoms with Gasteiger partial charge in [-0.1, -0.05) is 137 Å². The molecule has 0 bridgehead atoms. The molecule has 0 radical (unpaired) electrons. The third-order valence-electron chi connectivity index (χ3n) is 8.35. The average Bonchev–Trinajstić information content (AvgIpc) is 3.16. The van der Waals surface area contributed by atoms with Crippen LogP contribution < -0.4 is 0 Å². The van der Waals surface area contributed by atoms with E-state index < -0.39 is 71.2 Å². The Morgan fingerprint density at radius 2 is 1.07 bits per heavy atom. The monoisotopic (exact) mass is 806 g/mol. The topological polar surface area (TPSA) is 186 Å². The lowest BCUT2D eigenvalue weighted by Gasteiger charge is -2.40. The van der Waals surface area contributed by atoms with Crippen LogP contribution in [0.15, 0.2) is 97.2 Å². The molecule has 1 heterocycles. The first-order valence-corrected chi connectivity index (χ1v) is 21.5. The first-order chi connectivity index (χ1) is 27.0. The Hall–Kier alpha value is -3.43. The van der Waals surface area contributed by atoms with Crippen LogP contribution in [0.2, 0.25) is 0 Å². The molecule has 4 N–H and O–H groups in total. The zero-order valence-electron chi connectivity index (χ0n) is 33.2. The summed E-state index contributed by atoms with van der Waals surface area (Å²) in [6.07, 6.45) is 33.2. The molecule has 6 atom stereocenters. The van der Waals surface area contributed by atoms with Crippen molar-refractivity contribution in [2.75, 3.05) is 19.0 Å². The normalized spacial score (nSPS) is 21.7. The van der Waals surface area contributed by atoms with Crippen LogP contribution >= 0.6 is 0 Å². The molecule has 3 unspecified atom stereocenters. The van der Waals surface area contributed by atoms with Gasteiger partial charge in [0, 0.05) is 12.8 Å². The number of aliphatic hydroxyl groups excluding tert-OH is 3. The minimum atomic E-state index is -4.61. The summed E-state index contributed by atoms with van der Waals surface area (Å²) in [7, 11) is -4.61. The molecule has 56 heavy (non-hydrogen) atoms. The van der Waals surface area contributed by atoms with Gasteiger partial charge in [-0.3, -0.25) is 14.1 Å². The molecule has 12 nitrogen and oxygen atoms in total. The number of aliphatic hydroxyl groups is 3. The molecule has 1 aliphatic rings. The van der Waals surface area contributed by atoms with E-state index >= 15 is 0 Å². The molecule has 0 spiro atoms. The van der Waals surface area contributed by atoms with Gasteiger partial charge in [-0.15, -0.1) is 0 Å². The first-order valence-electron chi connectivity index (χ1n) is 19.9. The highest BCUT2D eigenvalue weighted by atomic mass is 32.2. The van der Waals surface area contributed by atoms with E-state index in [4.69, 9.17) is 18.9 Å². The van der Waals surface area contributed by atoms with Crippen LogP contribution in [0.5, 0.6) is 0 Å². The van der Waals surface area contributed by atoms with Crippen molar-refractivity contribution in [2.24, 2.45) is 0 Å². The molecule has 0 saturated carbocycles. The zero-order chi connectivity index (χ0) is 41.3. The van der Waals surface area contributed by atoms with Gasteiger partial charge in [0.25, 0.3) is 10.1 Å². The van der Waals surface area contributed by atoms with Crippen LogP contribution in [0.25, 0.3) is 0 Å². The average molecular weight is 807 g/mol. The Kier molecular flexibility index (Phi) is 29.5. The quantitative estimate of drug-likeness (QED) is 0.0250. The molecule has 1 fully saturated rings. The highest BCUT2D eigenvalue weighted by molar-refractivity contribution is 7.85. The number of rotatable bonds is 30. The molecule has 1 saturated heterocycles. The van der Waals surface area contributed by atoms with Gasteiger partial charge in [0.2, 0.25) is 0 Å². The summed E-state index contributed by atoms with van der Waals surface area (Å²) in [5.74, 6) is -2.09. The molecule has 0 aromatic carbocycles. The van der Waals surface area contributed by atoms with E-state index in [-0.39, 0.29) is 19.4 Å². The Morgan fingerprint density at radius 3 is 1.61 bits per heavy atom. The smallest absolute Gasteiger partial charge is 0.306 e. The maximum Gasteiger partial charge on any atom is 0.306 e. The molecule has 1 aliphatic heterocycles. The number of carbonyl (C=O) groups is 2. The number of hydrogen-bond acceptors (Lipinski definition) is 11. The van der Waals surface area contributed by atoms with E-state index in [1.165, 1.54) is 0 Å². The van der Waals surface area contributed by atoms with Gasteiger partial charge in [-0.05, 0) is 51.4 Å². The zero-order valence-corrected chi connectivity index (χ0v) is 34.0. The highest BCUT2D eigenvalue weighted by Gasteiger charge is 2.46. The van der Waals surface area contributed by atoms with Crippen LogP contribution in [0.4, 0.5) is 0 Å². The fraction of sp³-hybridized carbons (Fsp3) is 0.581. The van der Waals surface area contributed by atoms with Crippen molar-refractivity contribution in [2.45, 2.75) is 141 Å². The van der Waals surface area contributed by atoms with Crippen LogP contribution in [-0.2, 0) is 38.7 Å². The van der Waals surface area contributed by atoms with Crippen LogP contribution in [0.3, 0.4) is 0 Å². The third kappa shape index (κ3) is 27.2. The lowest BCUT2D eigenvalue weighted by molar-refractivity contribution is -0.297. The Morgan fingerprint density at radius 1 is 0.607 bits per heavy atom. The Balaban J connectivity index is 2.57. The van der Waals surface area contributed by atoms with E-state index in [2.05, 4.69) is 38.2 Å². The van der Waals surface area contributed by atoms with E-state index in [9.17, 15) is 37.9 Å². The number of hydrogen-bond donors (Lipinski definition) is 4. The molecular formula is C43H66O12S. The summed E-state index contributed by atoms with van der Waals surface area (Å²) in [5.41, 5.74) is 0. The van der Waals surface area contributed by atoms with Crippen molar-refractivity contribution in [1.82, 2.24) is 0 Å². The minimum absolute atomic E-state index is 0.125. The number of carbonyl (C=O) groups excluding carboxylic acids is 2. The van der Waals surface area contributed by atoms with E-state index in [1.54, 1.807) is 0 Å².